The van der Waals surface area contributed by atoms with E-state index in [0.717, 1.165) is 6.07 Å². The van der Waals surface area contributed by atoms with Gasteiger partial charge in [0.1, 0.15) is 18.5 Å². The van der Waals surface area contributed by atoms with Crippen LogP contribution in [0.25, 0.3) is 0 Å². The third kappa shape index (κ3) is 6.13. The number of anilines is 1. The van der Waals surface area contributed by atoms with Crippen molar-refractivity contribution in [1.82, 2.24) is 9.55 Å². The molecule has 0 saturated carbocycles. The van der Waals surface area contributed by atoms with Gasteiger partial charge in [-0.1, -0.05) is 54.6 Å². The Kier molecular flexibility index (Phi) is 8.25. The van der Waals surface area contributed by atoms with Gasteiger partial charge in [0.05, 0.1) is 16.7 Å². The molecule has 4 unspecified atom stereocenters. The molecule has 12 nitrogen and oxygen atoms in total. The highest BCUT2D eigenvalue weighted by Crippen LogP contribution is 2.34. The van der Waals surface area contributed by atoms with Crippen LogP contribution in [0, 0.1) is 0 Å². The molecule has 2 heterocycles. The second kappa shape index (κ2) is 12.4. The van der Waals surface area contributed by atoms with E-state index in [1.807, 2.05) is 0 Å². The molecule has 42 heavy (non-hydrogen) atoms. The number of H-pyrrole nitrogens is 1. The standard InChI is InChI=1S/C30H25N3O9/c31-22-16-23(34)33(30(38)32-22)26-25(42-29(37)20-14-8-3-9-15-20)24(41-28(36)19-12-6-2-7-13-19)21(40-26)17-39-27(35)18-10-4-1-5-11-18/h1-16,21,24-26H,17,31H2,(H,32,38). The van der Waals surface area contributed by atoms with Crippen molar-refractivity contribution in [2.24, 2.45) is 0 Å². The largest absolute Gasteiger partial charge is 0.459 e. The molecule has 4 atom stereocenters. The number of aromatic nitrogens is 2. The van der Waals surface area contributed by atoms with E-state index in [-0.39, 0.29) is 22.5 Å². The van der Waals surface area contributed by atoms with Gasteiger partial charge < -0.3 is 24.7 Å². The normalized spacial score (nSPS) is 19.5. The lowest BCUT2D eigenvalue weighted by Gasteiger charge is -2.24. The molecule has 1 aliphatic rings. The third-order valence-corrected chi connectivity index (χ3v) is 6.42. The first-order valence-electron chi connectivity index (χ1n) is 12.8. The van der Waals surface area contributed by atoms with Gasteiger partial charge in [0, 0.05) is 6.07 Å². The average molecular weight is 572 g/mol. The number of carbonyl (C=O) groups is 3. The van der Waals surface area contributed by atoms with Crippen LogP contribution in [0.5, 0.6) is 0 Å². The number of benzene rings is 3. The van der Waals surface area contributed by atoms with Crippen molar-refractivity contribution < 1.29 is 33.3 Å². The van der Waals surface area contributed by atoms with Crippen LogP contribution in [0.3, 0.4) is 0 Å². The molecule has 1 saturated heterocycles. The predicted molar refractivity (Wildman–Crippen MR) is 148 cm³/mol. The molecule has 3 N–H and O–H groups in total. The maximum Gasteiger partial charge on any atom is 0.338 e. The van der Waals surface area contributed by atoms with E-state index in [2.05, 4.69) is 4.98 Å². The number of carbonyl (C=O) groups excluding carboxylic acids is 3. The van der Waals surface area contributed by atoms with Crippen molar-refractivity contribution in [2.45, 2.75) is 24.5 Å². The Morgan fingerprint density at radius 1 is 0.738 bits per heavy atom. The smallest absolute Gasteiger partial charge is 0.338 e. The summed E-state index contributed by atoms with van der Waals surface area (Å²) in [7, 11) is 0. The molecule has 12 heteroatoms. The summed E-state index contributed by atoms with van der Waals surface area (Å²) in [5, 5.41) is 0. The summed E-state index contributed by atoms with van der Waals surface area (Å²) in [6.45, 7) is -0.474. The maximum atomic E-state index is 13.2. The topological polar surface area (TPSA) is 169 Å². The number of rotatable bonds is 8. The van der Waals surface area contributed by atoms with Gasteiger partial charge in [-0.25, -0.2) is 23.7 Å². The molecular weight excluding hydrogens is 546 g/mol. The summed E-state index contributed by atoms with van der Waals surface area (Å²) in [5.74, 6) is -2.53. The van der Waals surface area contributed by atoms with Gasteiger partial charge in [-0.2, -0.15) is 0 Å². The molecule has 3 aromatic carbocycles. The number of aromatic amines is 1. The van der Waals surface area contributed by atoms with Crippen LogP contribution in [0.4, 0.5) is 5.82 Å². The molecule has 0 bridgehead atoms. The fourth-order valence-corrected chi connectivity index (χ4v) is 4.43. The number of nitrogens with two attached hydrogens (primary N) is 1. The lowest BCUT2D eigenvalue weighted by atomic mass is 10.1. The van der Waals surface area contributed by atoms with E-state index < -0.39 is 60.3 Å². The van der Waals surface area contributed by atoms with Gasteiger partial charge in [0.25, 0.3) is 5.56 Å². The number of hydrogen-bond donors (Lipinski definition) is 2. The molecule has 5 rings (SSSR count). The van der Waals surface area contributed by atoms with Gasteiger partial charge in [-0.3, -0.25) is 9.78 Å². The molecule has 0 amide bonds. The van der Waals surface area contributed by atoms with Crippen LogP contribution >= 0.6 is 0 Å². The summed E-state index contributed by atoms with van der Waals surface area (Å²) in [4.78, 5) is 67.1. The average Bonchev–Trinajstić information content (AvgIpc) is 3.32. The van der Waals surface area contributed by atoms with Crippen molar-refractivity contribution in [1.29, 1.82) is 0 Å². The lowest BCUT2D eigenvalue weighted by Crippen LogP contribution is -2.45. The quantitative estimate of drug-likeness (QED) is 0.236. The molecular formula is C30H25N3O9. The van der Waals surface area contributed by atoms with E-state index in [9.17, 15) is 24.0 Å². The molecule has 4 aromatic rings. The first-order chi connectivity index (χ1) is 20.3. The second-order valence-corrected chi connectivity index (χ2v) is 9.24. The van der Waals surface area contributed by atoms with Crippen LogP contribution < -0.4 is 17.0 Å². The van der Waals surface area contributed by atoms with Crippen molar-refractivity contribution in [3.05, 3.63) is 135 Å². The van der Waals surface area contributed by atoms with E-state index in [1.54, 1.807) is 66.7 Å². The third-order valence-electron chi connectivity index (χ3n) is 6.42. The first kappa shape index (κ1) is 28.1. The Hall–Kier alpha value is -5.49. The minimum Gasteiger partial charge on any atom is -0.459 e. The zero-order chi connectivity index (χ0) is 29.6. The Balaban J connectivity index is 1.52. The fourth-order valence-electron chi connectivity index (χ4n) is 4.43. The SMILES string of the molecule is Nc1cc(=O)n(C2OC(COC(=O)c3ccccc3)C(OC(=O)c3ccccc3)C2OC(=O)c2ccccc2)c(=O)[nH]1. The van der Waals surface area contributed by atoms with Crippen molar-refractivity contribution >= 4 is 23.7 Å². The van der Waals surface area contributed by atoms with Gasteiger partial charge in [0.15, 0.2) is 18.4 Å². The highest BCUT2D eigenvalue weighted by Gasteiger charge is 2.52. The maximum absolute atomic E-state index is 13.2. The molecule has 0 radical (unpaired) electrons. The van der Waals surface area contributed by atoms with Gasteiger partial charge >= 0.3 is 23.6 Å². The Bertz CT molecular complexity index is 1660. The van der Waals surface area contributed by atoms with Gasteiger partial charge in [-0.05, 0) is 36.4 Å². The molecule has 0 spiro atoms. The van der Waals surface area contributed by atoms with Crippen LogP contribution in [-0.4, -0.2) is 52.4 Å². The summed E-state index contributed by atoms with van der Waals surface area (Å²) in [5.41, 5.74) is 4.38. The van der Waals surface area contributed by atoms with E-state index in [1.165, 1.54) is 24.3 Å². The van der Waals surface area contributed by atoms with E-state index >= 15 is 0 Å². The number of nitrogen functional groups attached to an aromatic ring is 1. The minimum absolute atomic E-state index is 0.155. The van der Waals surface area contributed by atoms with Crippen LogP contribution in [0.1, 0.15) is 37.3 Å². The van der Waals surface area contributed by atoms with Gasteiger partial charge in [-0.15, -0.1) is 0 Å². The monoisotopic (exact) mass is 571 g/mol. The number of hydrogen-bond acceptors (Lipinski definition) is 10. The first-order valence-corrected chi connectivity index (χ1v) is 12.8. The lowest BCUT2D eigenvalue weighted by molar-refractivity contribution is -0.0652. The Morgan fingerprint density at radius 3 is 1.71 bits per heavy atom. The zero-order valence-corrected chi connectivity index (χ0v) is 22.0. The minimum atomic E-state index is -1.58. The number of esters is 3. The van der Waals surface area contributed by atoms with Crippen LogP contribution in [0.2, 0.25) is 0 Å². The van der Waals surface area contributed by atoms with Crippen molar-refractivity contribution in [3.63, 3.8) is 0 Å². The summed E-state index contributed by atoms with van der Waals surface area (Å²) < 4.78 is 23.6. The van der Waals surface area contributed by atoms with Crippen molar-refractivity contribution in [3.8, 4) is 0 Å². The predicted octanol–water partition coefficient (Wildman–Crippen LogP) is 2.32. The highest BCUT2D eigenvalue weighted by atomic mass is 16.7. The van der Waals surface area contributed by atoms with E-state index in [4.69, 9.17) is 24.7 Å². The van der Waals surface area contributed by atoms with Crippen LogP contribution in [-0.2, 0) is 18.9 Å². The fraction of sp³-hybridized carbons (Fsp3) is 0.167. The molecule has 1 fully saturated rings. The molecule has 1 aliphatic heterocycles. The molecule has 0 aliphatic carbocycles. The van der Waals surface area contributed by atoms with E-state index in [0.29, 0.717) is 4.57 Å². The van der Waals surface area contributed by atoms with Gasteiger partial charge in [0.2, 0.25) is 0 Å². The summed E-state index contributed by atoms with van der Waals surface area (Å²) in [6.07, 6.45) is -5.77. The second-order valence-electron chi connectivity index (χ2n) is 9.24. The summed E-state index contributed by atoms with van der Waals surface area (Å²) in [6, 6.07) is 25.0. The van der Waals surface area contributed by atoms with Crippen LogP contribution in [0.15, 0.2) is 107 Å². The number of nitrogens with one attached hydrogen (secondary N) is 1. The Labute approximate surface area is 238 Å². The Morgan fingerprint density at radius 2 is 1.21 bits per heavy atom. The molecule has 1 aromatic heterocycles. The highest BCUT2D eigenvalue weighted by molar-refractivity contribution is 5.91. The number of ether oxygens (including phenoxy) is 4. The summed E-state index contributed by atoms with van der Waals surface area (Å²) >= 11 is 0. The zero-order valence-electron chi connectivity index (χ0n) is 22.0. The molecule has 214 valence electrons. The number of nitrogens with zero attached hydrogens (tertiary/aromatic N) is 1. The van der Waals surface area contributed by atoms with Crippen molar-refractivity contribution in [2.75, 3.05) is 12.3 Å².